The molecule has 38 heavy (non-hydrogen) atoms. The number of non-ortho nitro benzene ring substituents is 1. The number of aromatic nitrogens is 2. The quantitative estimate of drug-likeness (QED) is 0.149. The number of fused-ring (bicyclic) bond motifs is 1. The molecule has 0 bridgehead atoms. The SMILES string of the molecule is CCOc1cc(C=Nn2c(C)nc3ccc(Br)cc3c2=O)cc([N+](=O)[O-])c1OCc1ccc([N+](=O)[O-])cc1. The normalized spacial score (nSPS) is 11.1. The van der Waals surface area contributed by atoms with E-state index in [-0.39, 0.29) is 36.1 Å². The molecule has 0 spiro atoms. The summed E-state index contributed by atoms with van der Waals surface area (Å²) in [5, 5.41) is 27.4. The highest BCUT2D eigenvalue weighted by molar-refractivity contribution is 9.10. The predicted molar refractivity (Wildman–Crippen MR) is 143 cm³/mol. The summed E-state index contributed by atoms with van der Waals surface area (Å²) in [6.45, 7) is 3.46. The number of benzene rings is 3. The number of ether oxygens (including phenoxy) is 2. The van der Waals surface area contributed by atoms with Gasteiger partial charge in [0.25, 0.3) is 11.2 Å². The van der Waals surface area contributed by atoms with Gasteiger partial charge in [0.1, 0.15) is 12.4 Å². The van der Waals surface area contributed by atoms with Gasteiger partial charge in [-0.2, -0.15) is 9.78 Å². The molecule has 4 aromatic rings. The van der Waals surface area contributed by atoms with E-state index in [1.807, 2.05) is 0 Å². The maximum atomic E-state index is 13.0. The van der Waals surface area contributed by atoms with Gasteiger partial charge in [0, 0.05) is 28.2 Å². The van der Waals surface area contributed by atoms with E-state index in [0.29, 0.717) is 32.3 Å². The third-order valence-electron chi connectivity index (χ3n) is 5.38. The number of nitro groups is 2. The number of hydrogen-bond acceptors (Lipinski definition) is 9. The van der Waals surface area contributed by atoms with Gasteiger partial charge in [-0.3, -0.25) is 25.0 Å². The van der Waals surface area contributed by atoms with Crippen LogP contribution in [0.2, 0.25) is 0 Å². The van der Waals surface area contributed by atoms with Crippen LogP contribution < -0.4 is 15.0 Å². The molecule has 12 nitrogen and oxygen atoms in total. The van der Waals surface area contributed by atoms with Crippen LogP contribution in [-0.4, -0.2) is 32.3 Å². The summed E-state index contributed by atoms with van der Waals surface area (Å²) in [6.07, 6.45) is 1.30. The minimum Gasteiger partial charge on any atom is -0.490 e. The highest BCUT2D eigenvalue weighted by Gasteiger charge is 2.23. The Labute approximate surface area is 223 Å². The molecule has 0 N–H and O–H groups in total. The van der Waals surface area contributed by atoms with Crippen LogP contribution in [0.4, 0.5) is 11.4 Å². The van der Waals surface area contributed by atoms with Crippen molar-refractivity contribution in [1.82, 2.24) is 9.66 Å². The van der Waals surface area contributed by atoms with E-state index >= 15 is 0 Å². The fourth-order valence-corrected chi connectivity index (χ4v) is 3.98. The van der Waals surface area contributed by atoms with Crippen molar-refractivity contribution in [3.8, 4) is 11.5 Å². The Balaban J connectivity index is 1.69. The van der Waals surface area contributed by atoms with Crippen molar-refractivity contribution in [3.05, 3.63) is 107 Å². The fourth-order valence-electron chi connectivity index (χ4n) is 3.62. The fraction of sp³-hybridized carbons (Fsp3) is 0.160. The maximum Gasteiger partial charge on any atom is 0.315 e. The number of hydrogen-bond donors (Lipinski definition) is 0. The Morgan fingerprint density at radius 2 is 1.79 bits per heavy atom. The lowest BCUT2D eigenvalue weighted by atomic mass is 10.1. The number of rotatable bonds is 9. The Morgan fingerprint density at radius 1 is 1.05 bits per heavy atom. The minimum atomic E-state index is -0.614. The lowest BCUT2D eigenvalue weighted by molar-refractivity contribution is -0.386. The van der Waals surface area contributed by atoms with Gasteiger partial charge in [0.05, 0.1) is 33.6 Å². The van der Waals surface area contributed by atoms with Crippen LogP contribution in [-0.2, 0) is 6.61 Å². The highest BCUT2D eigenvalue weighted by Crippen LogP contribution is 2.39. The second-order valence-corrected chi connectivity index (χ2v) is 8.87. The summed E-state index contributed by atoms with van der Waals surface area (Å²) < 4.78 is 13.2. The predicted octanol–water partition coefficient (Wildman–Crippen LogP) is 5.14. The van der Waals surface area contributed by atoms with Crippen molar-refractivity contribution in [2.75, 3.05) is 6.61 Å². The van der Waals surface area contributed by atoms with Crippen LogP contribution in [0.15, 0.2) is 69.0 Å². The summed E-state index contributed by atoms with van der Waals surface area (Å²) in [5.74, 6) is 0.344. The Bertz CT molecular complexity index is 1630. The second kappa shape index (κ2) is 11.2. The average molecular weight is 582 g/mol. The van der Waals surface area contributed by atoms with Crippen LogP contribution in [0.3, 0.4) is 0 Å². The summed E-state index contributed by atoms with van der Waals surface area (Å²) in [4.78, 5) is 39.0. The zero-order valence-electron chi connectivity index (χ0n) is 20.2. The van der Waals surface area contributed by atoms with E-state index in [1.165, 1.54) is 42.6 Å². The molecule has 1 heterocycles. The number of aryl methyl sites for hydroxylation is 1. The second-order valence-electron chi connectivity index (χ2n) is 7.95. The molecular weight excluding hydrogens is 562 g/mol. The maximum absolute atomic E-state index is 13.0. The van der Waals surface area contributed by atoms with Gasteiger partial charge in [-0.1, -0.05) is 15.9 Å². The molecule has 0 aliphatic carbocycles. The molecule has 0 saturated carbocycles. The van der Waals surface area contributed by atoms with E-state index in [4.69, 9.17) is 9.47 Å². The first-order chi connectivity index (χ1) is 18.2. The topological polar surface area (TPSA) is 152 Å². The largest absolute Gasteiger partial charge is 0.490 e. The van der Waals surface area contributed by atoms with Gasteiger partial charge in [-0.05, 0) is 55.8 Å². The van der Waals surface area contributed by atoms with E-state index in [9.17, 15) is 25.0 Å². The molecule has 0 fully saturated rings. The summed E-state index contributed by atoms with van der Waals surface area (Å²) in [6, 6.07) is 13.5. The van der Waals surface area contributed by atoms with E-state index in [1.54, 1.807) is 32.0 Å². The Hall–Kier alpha value is -4.65. The van der Waals surface area contributed by atoms with Crippen LogP contribution in [0.5, 0.6) is 11.5 Å². The van der Waals surface area contributed by atoms with Crippen molar-refractivity contribution in [2.24, 2.45) is 5.10 Å². The summed E-state index contributed by atoms with van der Waals surface area (Å²) >= 11 is 3.34. The smallest absolute Gasteiger partial charge is 0.315 e. The monoisotopic (exact) mass is 581 g/mol. The molecule has 1 aromatic heterocycles. The van der Waals surface area contributed by atoms with Crippen LogP contribution in [0.1, 0.15) is 23.9 Å². The third kappa shape index (κ3) is 5.67. The standard InChI is InChI=1S/C25H20BrN5O7/c1-3-37-23-11-17(13-27-29-15(2)28-21-9-6-18(26)12-20(21)25(29)32)10-22(31(35)36)24(23)38-14-16-4-7-19(8-5-16)30(33)34/h4-13H,3,14H2,1-2H3. The number of nitro benzene ring substituents is 2. The van der Waals surface area contributed by atoms with Gasteiger partial charge in [0.2, 0.25) is 5.75 Å². The third-order valence-corrected chi connectivity index (χ3v) is 5.87. The lowest BCUT2D eigenvalue weighted by Gasteiger charge is -2.13. The molecule has 0 amide bonds. The molecule has 4 rings (SSSR count). The van der Waals surface area contributed by atoms with E-state index < -0.39 is 15.4 Å². The zero-order valence-corrected chi connectivity index (χ0v) is 21.7. The zero-order chi connectivity index (χ0) is 27.4. The molecule has 0 atom stereocenters. The summed E-state index contributed by atoms with van der Waals surface area (Å²) in [5.41, 5.74) is 0.538. The van der Waals surface area contributed by atoms with Gasteiger partial charge >= 0.3 is 5.69 Å². The van der Waals surface area contributed by atoms with Crippen molar-refractivity contribution in [1.29, 1.82) is 0 Å². The molecule has 13 heteroatoms. The molecule has 0 aliphatic rings. The van der Waals surface area contributed by atoms with E-state index in [2.05, 4.69) is 26.0 Å². The lowest BCUT2D eigenvalue weighted by Crippen LogP contribution is -2.20. The van der Waals surface area contributed by atoms with Gasteiger partial charge in [0.15, 0.2) is 5.75 Å². The van der Waals surface area contributed by atoms with Crippen LogP contribution in [0.25, 0.3) is 10.9 Å². The minimum absolute atomic E-state index is 0.0815. The summed E-state index contributed by atoms with van der Waals surface area (Å²) in [7, 11) is 0. The molecule has 0 unspecified atom stereocenters. The molecule has 194 valence electrons. The first-order valence-corrected chi connectivity index (χ1v) is 12.0. The Kier molecular flexibility index (Phi) is 7.76. The number of nitrogens with zero attached hydrogens (tertiary/aromatic N) is 5. The number of halogens is 1. The van der Waals surface area contributed by atoms with Crippen molar-refractivity contribution >= 4 is 44.4 Å². The van der Waals surface area contributed by atoms with Gasteiger partial charge in [-0.25, -0.2) is 4.98 Å². The highest BCUT2D eigenvalue weighted by atomic mass is 79.9. The van der Waals surface area contributed by atoms with Crippen LogP contribution >= 0.6 is 15.9 Å². The first-order valence-electron chi connectivity index (χ1n) is 11.2. The van der Waals surface area contributed by atoms with Crippen molar-refractivity contribution < 1.29 is 19.3 Å². The molecule has 0 aliphatic heterocycles. The molecule has 0 saturated heterocycles. The Morgan fingerprint density at radius 3 is 2.45 bits per heavy atom. The first kappa shape index (κ1) is 26.4. The molecule has 3 aromatic carbocycles. The van der Waals surface area contributed by atoms with Gasteiger partial charge in [-0.15, -0.1) is 0 Å². The van der Waals surface area contributed by atoms with Crippen LogP contribution in [0, 0.1) is 27.2 Å². The molecule has 0 radical (unpaired) electrons. The van der Waals surface area contributed by atoms with Crippen molar-refractivity contribution in [3.63, 3.8) is 0 Å². The average Bonchev–Trinajstić information content (AvgIpc) is 2.88. The van der Waals surface area contributed by atoms with Gasteiger partial charge < -0.3 is 9.47 Å². The van der Waals surface area contributed by atoms with E-state index in [0.717, 1.165) is 4.68 Å². The van der Waals surface area contributed by atoms with Crippen molar-refractivity contribution in [2.45, 2.75) is 20.5 Å². The molecular formula is C25H20BrN5O7.